The number of benzene rings is 1. The van der Waals surface area contributed by atoms with Gasteiger partial charge in [-0.3, -0.25) is 4.90 Å². The highest BCUT2D eigenvalue weighted by Gasteiger charge is 2.27. The quantitative estimate of drug-likeness (QED) is 0.789. The van der Waals surface area contributed by atoms with Crippen LogP contribution in [-0.4, -0.2) is 30.9 Å². The van der Waals surface area contributed by atoms with Crippen LogP contribution in [0.25, 0.3) is 11.0 Å². The van der Waals surface area contributed by atoms with Gasteiger partial charge >= 0.3 is 5.63 Å². The maximum atomic E-state index is 11.8. The fourth-order valence-corrected chi connectivity index (χ4v) is 3.66. The molecule has 23 heavy (non-hydrogen) atoms. The van der Waals surface area contributed by atoms with E-state index in [2.05, 4.69) is 4.90 Å². The molecular weight excluding hydrogens is 318 g/mol. The second-order valence-electron chi connectivity index (χ2n) is 6.21. The minimum atomic E-state index is -0.351. The third-order valence-corrected chi connectivity index (χ3v) is 4.78. The van der Waals surface area contributed by atoms with Crippen molar-refractivity contribution in [3.05, 3.63) is 38.7 Å². The van der Waals surface area contributed by atoms with E-state index in [-0.39, 0.29) is 11.7 Å². The number of rotatable bonds is 2. The van der Waals surface area contributed by atoms with Crippen LogP contribution in [0.3, 0.4) is 0 Å². The largest absolute Gasteiger partial charge is 0.476 e. The summed E-state index contributed by atoms with van der Waals surface area (Å²) in [7, 11) is 0. The first-order chi connectivity index (χ1) is 11.1. The molecule has 1 saturated heterocycles. The molecule has 0 amide bonds. The number of hydrogen-bond donors (Lipinski definition) is 0. The Balaban J connectivity index is 1.74. The van der Waals surface area contributed by atoms with Crippen LogP contribution in [0.15, 0.2) is 21.3 Å². The first kappa shape index (κ1) is 15.0. The first-order valence-corrected chi connectivity index (χ1v) is 8.22. The number of ether oxygens (including phenoxy) is 2. The predicted molar refractivity (Wildman–Crippen MR) is 87.1 cm³/mol. The molecule has 0 unspecified atom stereocenters. The van der Waals surface area contributed by atoms with Crippen molar-refractivity contribution in [2.24, 2.45) is 0 Å². The number of fused-ring (bicyclic) bond motifs is 3. The van der Waals surface area contributed by atoms with E-state index in [1.165, 1.54) is 6.07 Å². The Kier molecular flexibility index (Phi) is 3.79. The van der Waals surface area contributed by atoms with Crippen LogP contribution < -0.4 is 10.4 Å². The molecule has 2 aliphatic rings. The van der Waals surface area contributed by atoms with Gasteiger partial charge in [-0.2, -0.15) is 0 Å². The SMILES string of the molecule is Cc1cc(=O)oc2c3c(c(Cl)cc12)OCN(C[C@@H]1CCCO1)C3. The lowest BCUT2D eigenvalue weighted by Gasteiger charge is -2.31. The first-order valence-electron chi connectivity index (χ1n) is 7.84. The van der Waals surface area contributed by atoms with Gasteiger partial charge in [-0.1, -0.05) is 11.6 Å². The van der Waals surface area contributed by atoms with Gasteiger partial charge in [0, 0.05) is 31.1 Å². The van der Waals surface area contributed by atoms with Gasteiger partial charge in [-0.25, -0.2) is 4.79 Å². The molecule has 0 spiro atoms. The average molecular weight is 336 g/mol. The lowest BCUT2D eigenvalue weighted by molar-refractivity contribution is 0.0281. The lowest BCUT2D eigenvalue weighted by Crippen LogP contribution is -2.37. The molecule has 6 heteroatoms. The van der Waals surface area contributed by atoms with Crippen molar-refractivity contribution >= 4 is 22.6 Å². The summed E-state index contributed by atoms with van der Waals surface area (Å²) in [5.74, 6) is 0.622. The molecule has 5 nitrogen and oxygen atoms in total. The minimum absolute atomic E-state index is 0.249. The summed E-state index contributed by atoms with van der Waals surface area (Å²) >= 11 is 6.36. The van der Waals surface area contributed by atoms with Crippen LogP contribution in [0.2, 0.25) is 5.02 Å². The van der Waals surface area contributed by atoms with Crippen LogP contribution in [-0.2, 0) is 11.3 Å². The molecule has 0 aliphatic carbocycles. The summed E-state index contributed by atoms with van der Waals surface area (Å²) in [4.78, 5) is 13.9. The molecule has 1 atom stereocenters. The van der Waals surface area contributed by atoms with E-state index in [9.17, 15) is 4.79 Å². The summed E-state index contributed by atoms with van der Waals surface area (Å²) in [6.07, 6.45) is 2.44. The van der Waals surface area contributed by atoms with Crippen molar-refractivity contribution in [2.75, 3.05) is 19.9 Å². The van der Waals surface area contributed by atoms with Gasteiger partial charge in [0.15, 0.2) is 0 Å². The van der Waals surface area contributed by atoms with Crippen molar-refractivity contribution in [3.63, 3.8) is 0 Å². The second-order valence-corrected chi connectivity index (χ2v) is 6.62. The van der Waals surface area contributed by atoms with Gasteiger partial charge in [0.25, 0.3) is 0 Å². The Morgan fingerprint density at radius 3 is 3.04 bits per heavy atom. The zero-order chi connectivity index (χ0) is 16.0. The lowest BCUT2D eigenvalue weighted by atomic mass is 10.0. The molecule has 0 bridgehead atoms. The molecule has 2 aromatic rings. The Morgan fingerprint density at radius 2 is 2.26 bits per heavy atom. The van der Waals surface area contributed by atoms with Crippen molar-refractivity contribution in [3.8, 4) is 5.75 Å². The molecule has 122 valence electrons. The normalized spacial score (nSPS) is 21.4. The number of hydrogen-bond acceptors (Lipinski definition) is 5. The Morgan fingerprint density at radius 1 is 1.39 bits per heavy atom. The maximum absolute atomic E-state index is 11.8. The van der Waals surface area contributed by atoms with Gasteiger partial charge < -0.3 is 13.9 Å². The van der Waals surface area contributed by atoms with Gasteiger partial charge in [0.2, 0.25) is 0 Å². The summed E-state index contributed by atoms with van der Waals surface area (Å²) < 4.78 is 17.0. The molecule has 2 aliphatic heterocycles. The molecule has 1 aromatic carbocycles. The van der Waals surface area contributed by atoms with Crippen molar-refractivity contribution < 1.29 is 13.9 Å². The van der Waals surface area contributed by atoms with Gasteiger partial charge in [0.1, 0.15) is 18.1 Å². The van der Waals surface area contributed by atoms with Crippen molar-refractivity contribution in [1.82, 2.24) is 4.90 Å². The smallest absolute Gasteiger partial charge is 0.336 e. The number of nitrogens with zero attached hydrogens (tertiary/aromatic N) is 1. The van der Waals surface area contributed by atoms with E-state index in [1.807, 2.05) is 13.0 Å². The van der Waals surface area contributed by atoms with E-state index in [0.29, 0.717) is 29.6 Å². The molecule has 1 aromatic heterocycles. The van der Waals surface area contributed by atoms with Gasteiger partial charge in [-0.05, 0) is 31.4 Å². The van der Waals surface area contributed by atoms with Crippen LogP contribution in [0, 0.1) is 6.92 Å². The standard InChI is InChI=1S/C17H18ClNO4/c1-10-5-15(20)23-16-12(10)6-14(18)17-13(16)8-19(9-22-17)7-11-3-2-4-21-11/h5-6,11H,2-4,7-9H2,1H3/t11-/m0/s1. The summed E-state index contributed by atoms with van der Waals surface area (Å²) in [5, 5.41) is 1.41. The fraction of sp³-hybridized carbons (Fsp3) is 0.471. The van der Waals surface area contributed by atoms with E-state index in [0.717, 1.165) is 42.5 Å². The highest BCUT2D eigenvalue weighted by Crippen LogP contribution is 2.39. The summed E-state index contributed by atoms with van der Waals surface area (Å²) in [6.45, 7) is 4.63. The highest BCUT2D eigenvalue weighted by molar-refractivity contribution is 6.33. The molecule has 1 fully saturated rings. The van der Waals surface area contributed by atoms with Crippen LogP contribution in [0.1, 0.15) is 24.0 Å². The molecule has 0 N–H and O–H groups in total. The third kappa shape index (κ3) is 2.73. The van der Waals surface area contributed by atoms with E-state index < -0.39 is 0 Å². The summed E-state index contributed by atoms with van der Waals surface area (Å²) in [5.41, 5.74) is 1.93. The van der Waals surface area contributed by atoms with E-state index in [4.69, 9.17) is 25.5 Å². The monoisotopic (exact) mass is 335 g/mol. The van der Waals surface area contributed by atoms with Crippen LogP contribution in [0.5, 0.6) is 5.75 Å². The number of halogens is 1. The second kappa shape index (κ2) is 5.82. The molecule has 4 rings (SSSR count). The zero-order valence-corrected chi connectivity index (χ0v) is 13.7. The molecule has 3 heterocycles. The molecule has 0 saturated carbocycles. The van der Waals surface area contributed by atoms with Crippen molar-refractivity contribution in [1.29, 1.82) is 0 Å². The molecular formula is C17H18ClNO4. The molecule has 0 radical (unpaired) electrons. The predicted octanol–water partition coefficient (Wildman–Crippen LogP) is 3.09. The third-order valence-electron chi connectivity index (χ3n) is 4.50. The summed E-state index contributed by atoms with van der Waals surface area (Å²) in [6, 6.07) is 3.29. The van der Waals surface area contributed by atoms with Crippen LogP contribution >= 0.6 is 11.6 Å². The van der Waals surface area contributed by atoms with Gasteiger partial charge in [0.05, 0.1) is 16.7 Å². The maximum Gasteiger partial charge on any atom is 0.336 e. The highest BCUT2D eigenvalue weighted by atomic mass is 35.5. The Hall–Kier alpha value is -1.56. The van der Waals surface area contributed by atoms with Gasteiger partial charge in [-0.15, -0.1) is 0 Å². The minimum Gasteiger partial charge on any atom is -0.476 e. The average Bonchev–Trinajstić information content (AvgIpc) is 3.02. The van der Waals surface area contributed by atoms with Crippen molar-refractivity contribution in [2.45, 2.75) is 32.4 Å². The van der Waals surface area contributed by atoms with E-state index in [1.54, 1.807) is 0 Å². The topological polar surface area (TPSA) is 51.9 Å². The zero-order valence-electron chi connectivity index (χ0n) is 12.9. The Labute approximate surface area is 138 Å². The van der Waals surface area contributed by atoms with Crippen LogP contribution in [0.4, 0.5) is 0 Å². The Bertz CT molecular complexity index is 810. The fourth-order valence-electron chi connectivity index (χ4n) is 3.38. The number of aryl methyl sites for hydroxylation is 1. The van der Waals surface area contributed by atoms with E-state index >= 15 is 0 Å².